The van der Waals surface area contributed by atoms with Crippen LogP contribution in [0.4, 0.5) is 11.4 Å². The average molecular weight is 375 g/mol. The number of hydrogen-bond donors (Lipinski definition) is 2. The Kier molecular flexibility index (Phi) is 4.36. The highest BCUT2D eigenvalue weighted by Gasteiger charge is 2.25. The molecule has 0 saturated carbocycles. The lowest BCUT2D eigenvalue weighted by molar-refractivity contribution is -0.384. The van der Waals surface area contributed by atoms with Crippen LogP contribution >= 0.6 is 27.5 Å². The Morgan fingerprint density at radius 2 is 2.19 bits per heavy atom. The normalized spacial score (nSPS) is 11.7. The minimum absolute atomic E-state index is 0.135. The molecular weight excluding hydrogens is 362 g/mol. The molecule has 0 unspecified atom stereocenters. The van der Waals surface area contributed by atoms with Crippen molar-refractivity contribution in [3.8, 4) is 0 Å². The van der Waals surface area contributed by atoms with Gasteiger partial charge in [0.1, 0.15) is 5.69 Å². The van der Waals surface area contributed by atoms with Crippen molar-refractivity contribution in [2.75, 3.05) is 11.9 Å². The lowest BCUT2D eigenvalue weighted by atomic mass is 10.1. The SMILES string of the molecule is CC(C)(O)CNc1c([N+](=O)[O-])c(Cl)nc2c(Br)cccc12. The van der Waals surface area contributed by atoms with Crippen molar-refractivity contribution in [1.82, 2.24) is 4.98 Å². The predicted molar refractivity (Wildman–Crippen MR) is 85.9 cm³/mol. The fraction of sp³-hybridized carbons (Fsp3) is 0.308. The summed E-state index contributed by atoms with van der Waals surface area (Å²) in [6.07, 6.45) is 0. The van der Waals surface area contributed by atoms with E-state index in [2.05, 4.69) is 26.2 Å². The van der Waals surface area contributed by atoms with Crippen LogP contribution in [0, 0.1) is 10.1 Å². The number of aromatic nitrogens is 1. The summed E-state index contributed by atoms with van der Waals surface area (Å²) < 4.78 is 0.683. The largest absolute Gasteiger partial charge is 0.389 e. The monoisotopic (exact) mass is 373 g/mol. The second-order valence-corrected chi connectivity index (χ2v) is 6.40. The van der Waals surface area contributed by atoms with E-state index >= 15 is 0 Å². The molecule has 0 aliphatic heterocycles. The van der Waals surface area contributed by atoms with Gasteiger partial charge in [-0.15, -0.1) is 0 Å². The van der Waals surface area contributed by atoms with Gasteiger partial charge in [0.25, 0.3) is 0 Å². The molecule has 0 aliphatic rings. The Hall–Kier alpha value is -1.44. The van der Waals surface area contributed by atoms with Gasteiger partial charge in [0.15, 0.2) is 0 Å². The van der Waals surface area contributed by atoms with Crippen molar-refractivity contribution in [3.05, 3.63) is 37.9 Å². The fourth-order valence-electron chi connectivity index (χ4n) is 1.86. The number of rotatable bonds is 4. The second-order valence-electron chi connectivity index (χ2n) is 5.19. The summed E-state index contributed by atoms with van der Waals surface area (Å²) in [5.74, 6) is 0. The molecule has 0 bridgehead atoms. The van der Waals surface area contributed by atoms with Gasteiger partial charge in [-0.25, -0.2) is 4.98 Å². The van der Waals surface area contributed by atoms with Crippen molar-refractivity contribution in [1.29, 1.82) is 0 Å². The number of aliphatic hydroxyl groups is 1. The molecule has 6 nitrogen and oxygen atoms in total. The number of pyridine rings is 1. The second kappa shape index (κ2) is 5.75. The topological polar surface area (TPSA) is 88.3 Å². The summed E-state index contributed by atoms with van der Waals surface area (Å²) in [7, 11) is 0. The van der Waals surface area contributed by atoms with Crippen LogP contribution in [0.25, 0.3) is 10.9 Å². The van der Waals surface area contributed by atoms with Crippen molar-refractivity contribution in [2.24, 2.45) is 0 Å². The lowest BCUT2D eigenvalue weighted by Gasteiger charge is -2.19. The maximum atomic E-state index is 11.3. The van der Waals surface area contributed by atoms with Crippen LogP contribution in [0.2, 0.25) is 5.15 Å². The molecular formula is C13H13BrClN3O3. The van der Waals surface area contributed by atoms with Gasteiger partial charge in [0.05, 0.1) is 16.0 Å². The summed E-state index contributed by atoms with van der Waals surface area (Å²) in [5, 5.41) is 24.3. The summed E-state index contributed by atoms with van der Waals surface area (Å²) >= 11 is 9.30. The quantitative estimate of drug-likeness (QED) is 0.483. The number of anilines is 1. The molecule has 0 aliphatic carbocycles. The van der Waals surface area contributed by atoms with Crippen LogP contribution in [0.1, 0.15) is 13.8 Å². The molecule has 2 rings (SSSR count). The highest BCUT2D eigenvalue weighted by atomic mass is 79.9. The van der Waals surface area contributed by atoms with E-state index in [1.165, 1.54) is 0 Å². The van der Waals surface area contributed by atoms with Gasteiger partial charge in [-0.05, 0) is 35.8 Å². The van der Waals surface area contributed by atoms with Crippen LogP contribution in [0.5, 0.6) is 0 Å². The molecule has 1 aromatic carbocycles. The maximum absolute atomic E-state index is 11.3. The van der Waals surface area contributed by atoms with Crippen molar-refractivity contribution >= 4 is 49.8 Å². The van der Waals surface area contributed by atoms with E-state index in [1.54, 1.807) is 32.0 Å². The fourth-order valence-corrected chi connectivity index (χ4v) is 2.57. The Labute approximate surface area is 134 Å². The molecule has 0 radical (unpaired) electrons. The lowest BCUT2D eigenvalue weighted by Crippen LogP contribution is -2.29. The van der Waals surface area contributed by atoms with E-state index in [0.717, 1.165) is 0 Å². The number of nitrogens with zero attached hydrogens (tertiary/aromatic N) is 2. The summed E-state index contributed by atoms with van der Waals surface area (Å²) in [5.41, 5.74) is -0.557. The van der Waals surface area contributed by atoms with Gasteiger partial charge in [-0.3, -0.25) is 10.1 Å². The van der Waals surface area contributed by atoms with E-state index in [1.807, 2.05) is 0 Å². The molecule has 0 amide bonds. The van der Waals surface area contributed by atoms with Crippen molar-refractivity contribution < 1.29 is 10.0 Å². The molecule has 2 aromatic rings. The highest BCUT2D eigenvalue weighted by molar-refractivity contribution is 9.10. The van der Waals surface area contributed by atoms with Crippen LogP contribution in [-0.2, 0) is 0 Å². The zero-order valence-corrected chi connectivity index (χ0v) is 13.7. The predicted octanol–water partition coefficient (Wildman–Crippen LogP) is 3.74. The Balaban J connectivity index is 2.70. The molecule has 0 saturated heterocycles. The van der Waals surface area contributed by atoms with Crippen LogP contribution < -0.4 is 5.32 Å². The summed E-state index contributed by atoms with van der Waals surface area (Å²) in [4.78, 5) is 14.8. The Bertz CT molecular complexity index is 716. The summed E-state index contributed by atoms with van der Waals surface area (Å²) in [6.45, 7) is 3.34. The minimum atomic E-state index is -1.03. The number of halogens is 2. The van der Waals surface area contributed by atoms with Gasteiger partial charge >= 0.3 is 5.69 Å². The van der Waals surface area contributed by atoms with Gasteiger partial charge < -0.3 is 10.4 Å². The smallest absolute Gasteiger partial charge is 0.329 e. The molecule has 1 heterocycles. The van der Waals surface area contributed by atoms with E-state index in [9.17, 15) is 15.2 Å². The van der Waals surface area contributed by atoms with Crippen LogP contribution in [-0.4, -0.2) is 27.2 Å². The van der Waals surface area contributed by atoms with E-state index in [-0.39, 0.29) is 23.1 Å². The third-order valence-electron chi connectivity index (χ3n) is 2.78. The Morgan fingerprint density at radius 3 is 2.76 bits per heavy atom. The van der Waals surface area contributed by atoms with Gasteiger partial charge in [-0.2, -0.15) is 0 Å². The molecule has 0 atom stereocenters. The van der Waals surface area contributed by atoms with Gasteiger partial charge in [0.2, 0.25) is 5.15 Å². The van der Waals surface area contributed by atoms with Crippen LogP contribution in [0.3, 0.4) is 0 Å². The number of benzene rings is 1. The molecule has 0 spiro atoms. The molecule has 112 valence electrons. The third-order valence-corrected chi connectivity index (χ3v) is 3.68. The molecule has 0 fully saturated rings. The van der Waals surface area contributed by atoms with E-state index in [0.29, 0.717) is 15.4 Å². The average Bonchev–Trinajstić information content (AvgIpc) is 2.35. The first kappa shape index (κ1) is 15.9. The first-order valence-corrected chi connectivity index (χ1v) is 7.26. The number of hydrogen-bond acceptors (Lipinski definition) is 5. The molecule has 1 aromatic heterocycles. The standard InChI is InChI=1S/C13H13BrClN3O3/c1-13(2,19)6-16-10-7-4-3-5-8(14)9(7)17-12(15)11(10)18(20)21/h3-5,19H,6H2,1-2H3,(H,16,17). The number of nitrogens with one attached hydrogen (secondary N) is 1. The Morgan fingerprint density at radius 1 is 1.52 bits per heavy atom. The summed E-state index contributed by atoms with van der Waals surface area (Å²) in [6, 6.07) is 5.24. The highest BCUT2D eigenvalue weighted by Crippen LogP contribution is 2.39. The molecule has 21 heavy (non-hydrogen) atoms. The van der Waals surface area contributed by atoms with E-state index < -0.39 is 10.5 Å². The third kappa shape index (κ3) is 3.42. The number of nitro groups is 1. The number of para-hydroxylation sites is 1. The maximum Gasteiger partial charge on any atom is 0.329 e. The number of fused-ring (bicyclic) bond motifs is 1. The zero-order valence-electron chi connectivity index (χ0n) is 11.4. The van der Waals surface area contributed by atoms with Crippen LogP contribution in [0.15, 0.2) is 22.7 Å². The van der Waals surface area contributed by atoms with Crippen molar-refractivity contribution in [2.45, 2.75) is 19.4 Å². The van der Waals surface area contributed by atoms with Gasteiger partial charge in [-0.1, -0.05) is 23.7 Å². The molecule has 8 heteroatoms. The van der Waals surface area contributed by atoms with Crippen molar-refractivity contribution in [3.63, 3.8) is 0 Å². The minimum Gasteiger partial charge on any atom is -0.389 e. The van der Waals surface area contributed by atoms with E-state index in [4.69, 9.17) is 11.6 Å². The van der Waals surface area contributed by atoms with Gasteiger partial charge in [0, 0.05) is 16.4 Å². The zero-order chi connectivity index (χ0) is 15.8. The first-order valence-electron chi connectivity index (χ1n) is 6.09. The first-order chi connectivity index (χ1) is 9.70. The molecule has 2 N–H and O–H groups in total.